The van der Waals surface area contributed by atoms with Crippen LogP contribution >= 0.6 is 0 Å². The van der Waals surface area contributed by atoms with Gasteiger partial charge in [-0.25, -0.2) is 0 Å². The molecular weight excluding hydrogens is 256 g/mol. The lowest BCUT2D eigenvalue weighted by Crippen LogP contribution is -2.46. The molecule has 2 aliphatic rings. The summed E-state index contributed by atoms with van der Waals surface area (Å²) in [6.45, 7) is 2.58. The molecule has 0 radical (unpaired) electrons. The molecule has 0 aromatic rings. The van der Waals surface area contributed by atoms with Crippen LogP contribution in [0.1, 0.15) is 26.2 Å². The van der Waals surface area contributed by atoms with Gasteiger partial charge in [0.05, 0.1) is 18.0 Å². The van der Waals surface area contributed by atoms with Gasteiger partial charge in [0.15, 0.2) is 0 Å². The lowest BCUT2D eigenvalue weighted by molar-refractivity contribution is -0.133. The zero-order valence-electron chi connectivity index (χ0n) is 12.3. The van der Waals surface area contributed by atoms with Crippen molar-refractivity contribution in [1.82, 2.24) is 15.1 Å². The fourth-order valence-corrected chi connectivity index (χ4v) is 3.14. The highest BCUT2D eigenvalue weighted by molar-refractivity contribution is 5.86. The zero-order chi connectivity index (χ0) is 14.9. The van der Waals surface area contributed by atoms with E-state index >= 15 is 0 Å². The molecule has 0 aromatic heterocycles. The largest absolute Gasteiger partial charge is 0.349 e. The summed E-state index contributed by atoms with van der Waals surface area (Å²) in [5.41, 5.74) is 0. The standard InChI is InChI=1S/C14H22N4O2/c1-9-11(13(19)17(2)3)7-12(16-9)14(20)18-6-4-5-10(18)8-15/h9-12,16H,4-7H2,1-3H3/t9-,10+,11-,12+/m1/s1. The third-order valence-electron chi connectivity index (χ3n) is 4.30. The molecule has 110 valence electrons. The number of carbonyl (C=O) groups is 2. The van der Waals surface area contributed by atoms with E-state index < -0.39 is 0 Å². The quantitative estimate of drug-likeness (QED) is 0.768. The average Bonchev–Trinajstić information content (AvgIpc) is 3.02. The smallest absolute Gasteiger partial charge is 0.240 e. The number of carbonyl (C=O) groups excluding carboxylic acids is 2. The van der Waals surface area contributed by atoms with Gasteiger partial charge < -0.3 is 15.1 Å². The molecule has 2 saturated heterocycles. The molecule has 2 fully saturated rings. The van der Waals surface area contributed by atoms with Crippen LogP contribution in [0.2, 0.25) is 0 Å². The van der Waals surface area contributed by atoms with E-state index in [4.69, 9.17) is 5.26 Å². The lowest BCUT2D eigenvalue weighted by Gasteiger charge is -2.23. The van der Waals surface area contributed by atoms with Crippen LogP contribution in [0.25, 0.3) is 0 Å². The molecule has 6 nitrogen and oxygen atoms in total. The number of rotatable bonds is 2. The van der Waals surface area contributed by atoms with Crippen LogP contribution in [0.15, 0.2) is 0 Å². The molecule has 2 heterocycles. The van der Waals surface area contributed by atoms with Gasteiger partial charge >= 0.3 is 0 Å². The van der Waals surface area contributed by atoms with Crippen molar-refractivity contribution in [3.8, 4) is 6.07 Å². The molecule has 2 rings (SSSR count). The lowest BCUT2D eigenvalue weighted by atomic mass is 9.98. The number of nitriles is 1. The van der Waals surface area contributed by atoms with E-state index in [2.05, 4.69) is 11.4 Å². The minimum atomic E-state index is -0.340. The highest BCUT2D eigenvalue weighted by Gasteiger charge is 2.42. The van der Waals surface area contributed by atoms with Gasteiger partial charge in [0.25, 0.3) is 0 Å². The SMILES string of the molecule is C[C@H]1N[C@H](C(=O)N2CCC[C@H]2C#N)C[C@H]1C(=O)N(C)C. The van der Waals surface area contributed by atoms with Gasteiger partial charge in [-0.3, -0.25) is 9.59 Å². The molecular formula is C14H22N4O2. The van der Waals surface area contributed by atoms with Crippen LogP contribution in [-0.4, -0.2) is 60.4 Å². The predicted molar refractivity (Wildman–Crippen MR) is 73.5 cm³/mol. The molecule has 2 aliphatic heterocycles. The highest BCUT2D eigenvalue weighted by Crippen LogP contribution is 2.26. The summed E-state index contributed by atoms with van der Waals surface area (Å²) < 4.78 is 0. The maximum absolute atomic E-state index is 12.5. The Morgan fingerprint density at radius 1 is 1.40 bits per heavy atom. The highest BCUT2D eigenvalue weighted by atomic mass is 16.2. The summed E-state index contributed by atoms with van der Waals surface area (Å²) >= 11 is 0. The number of amides is 2. The molecule has 0 bridgehead atoms. The maximum Gasteiger partial charge on any atom is 0.240 e. The first-order valence-corrected chi connectivity index (χ1v) is 7.13. The van der Waals surface area contributed by atoms with Crippen molar-refractivity contribution in [1.29, 1.82) is 5.26 Å². The Morgan fingerprint density at radius 2 is 2.10 bits per heavy atom. The van der Waals surface area contributed by atoms with Gasteiger partial charge in [-0.15, -0.1) is 0 Å². The number of hydrogen-bond donors (Lipinski definition) is 1. The van der Waals surface area contributed by atoms with E-state index in [-0.39, 0.29) is 35.9 Å². The summed E-state index contributed by atoms with van der Waals surface area (Å²) in [6.07, 6.45) is 2.16. The van der Waals surface area contributed by atoms with E-state index in [1.165, 1.54) is 0 Å². The number of nitrogens with zero attached hydrogens (tertiary/aromatic N) is 3. The minimum absolute atomic E-state index is 0.0120. The van der Waals surface area contributed by atoms with Crippen molar-refractivity contribution >= 4 is 11.8 Å². The normalized spacial score (nSPS) is 33.0. The summed E-state index contributed by atoms with van der Waals surface area (Å²) in [5.74, 6) is -0.143. The van der Waals surface area contributed by atoms with Crippen LogP contribution in [0.5, 0.6) is 0 Å². The summed E-state index contributed by atoms with van der Waals surface area (Å²) in [6, 6.07) is 1.53. The van der Waals surface area contributed by atoms with Gasteiger partial charge in [-0.2, -0.15) is 5.26 Å². The second kappa shape index (κ2) is 5.80. The van der Waals surface area contributed by atoms with E-state index in [1.54, 1.807) is 23.9 Å². The Balaban J connectivity index is 2.03. The van der Waals surface area contributed by atoms with Gasteiger partial charge in [0.2, 0.25) is 11.8 Å². The van der Waals surface area contributed by atoms with E-state index in [9.17, 15) is 9.59 Å². The Hall–Kier alpha value is -1.61. The minimum Gasteiger partial charge on any atom is -0.349 e. The predicted octanol–water partition coefficient (Wildman–Crippen LogP) is -0.0442. The molecule has 20 heavy (non-hydrogen) atoms. The Kier molecular flexibility index (Phi) is 4.29. The fraction of sp³-hybridized carbons (Fsp3) is 0.786. The van der Waals surface area contributed by atoms with Crippen molar-refractivity contribution in [2.45, 2.75) is 44.3 Å². The summed E-state index contributed by atoms with van der Waals surface area (Å²) in [4.78, 5) is 27.8. The first kappa shape index (κ1) is 14.8. The molecule has 0 unspecified atom stereocenters. The molecule has 0 saturated carbocycles. The van der Waals surface area contributed by atoms with Gasteiger partial charge in [0.1, 0.15) is 6.04 Å². The zero-order valence-corrected chi connectivity index (χ0v) is 12.3. The molecule has 2 amide bonds. The van der Waals surface area contributed by atoms with Gasteiger partial charge in [-0.05, 0) is 26.2 Å². The summed E-state index contributed by atoms with van der Waals surface area (Å²) in [7, 11) is 3.47. The molecule has 0 aromatic carbocycles. The van der Waals surface area contributed by atoms with Crippen LogP contribution in [-0.2, 0) is 9.59 Å². The topological polar surface area (TPSA) is 76.4 Å². The average molecular weight is 278 g/mol. The Bertz CT molecular complexity index is 443. The van der Waals surface area contributed by atoms with E-state index in [1.807, 2.05) is 6.92 Å². The van der Waals surface area contributed by atoms with Gasteiger partial charge in [0, 0.05) is 26.7 Å². The van der Waals surface area contributed by atoms with Gasteiger partial charge in [-0.1, -0.05) is 0 Å². The molecule has 6 heteroatoms. The third-order valence-corrected chi connectivity index (χ3v) is 4.30. The van der Waals surface area contributed by atoms with E-state index in [0.29, 0.717) is 13.0 Å². The summed E-state index contributed by atoms with van der Waals surface area (Å²) in [5, 5.41) is 12.3. The first-order valence-electron chi connectivity index (χ1n) is 7.13. The van der Waals surface area contributed by atoms with Crippen molar-refractivity contribution in [2.24, 2.45) is 5.92 Å². The molecule has 1 N–H and O–H groups in total. The van der Waals surface area contributed by atoms with E-state index in [0.717, 1.165) is 12.8 Å². The van der Waals surface area contributed by atoms with Crippen LogP contribution in [0.3, 0.4) is 0 Å². The van der Waals surface area contributed by atoms with Crippen LogP contribution in [0.4, 0.5) is 0 Å². The maximum atomic E-state index is 12.5. The number of likely N-dealkylation sites (tertiary alicyclic amines) is 1. The van der Waals surface area contributed by atoms with Crippen LogP contribution < -0.4 is 5.32 Å². The number of nitrogens with one attached hydrogen (secondary N) is 1. The fourth-order valence-electron chi connectivity index (χ4n) is 3.14. The van der Waals surface area contributed by atoms with Crippen molar-refractivity contribution in [3.63, 3.8) is 0 Å². The Labute approximate surface area is 119 Å². The molecule has 0 aliphatic carbocycles. The second-order valence-electron chi connectivity index (χ2n) is 5.90. The molecule has 4 atom stereocenters. The number of hydrogen-bond acceptors (Lipinski definition) is 4. The monoisotopic (exact) mass is 278 g/mol. The van der Waals surface area contributed by atoms with Crippen molar-refractivity contribution in [2.75, 3.05) is 20.6 Å². The second-order valence-corrected chi connectivity index (χ2v) is 5.90. The first-order chi connectivity index (χ1) is 9.45. The third kappa shape index (κ3) is 2.63. The Morgan fingerprint density at radius 3 is 2.70 bits per heavy atom. The van der Waals surface area contributed by atoms with Crippen molar-refractivity contribution < 1.29 is 9.59 Å². The molecule has 0 spiro atoms. The van der Waals surface area contributed by atoms with Crippen molar-refractivity contribution in [3.05, 3.63) is 0 Å². The van der Waals surface area contributed by atoms with Crippen LogP contribution in [0, 0.1) is 17.2 Å².